The maximum absolute atomic E-state index is 4.33. The minimum Gasteiger partial charge on any atom is -0.373 e. The Morgan fingerprint density at radius 3 is 1.50 bits per heavy atom. The van der Waals surface area contributed by atoms with Crippen molar-refractivity contribution in [3.8, 4) is 0 Å². The first-order chi connectivity index (χ1) is 40.8. The second-order valence-electron chi connectivity index (χ2n) is 27.2. The summed E-state index contributed by atoms with van der Waals surface area (Å²) >= 11 is 0. The first-order valence-electron chi connectivity index (χ1n) is 34.7. The minimum atomic E-state index is 0.740. The number of hydrogen-bond acceptors (Lipinski definition) is 18. The SMILES string of the molecule is CC(C)N1CC2CN(C)CC21.CCC1CN(C)C1.CCCCN1CCC1.CN1CC2CCC2C1.CNCC1CCCCN1.CNCC1CCN1.CNCC1CN2CCN1CC2.CNC[C@@H]1CCCN1.CNc1ccc(N2CCN(C)CC2)cn1. The topological polar surface area (TPSA) is 138 Å². The van der Waals surface area contributed by atoms with Crippen LogP contribution in [0.4, 0.5) is 11.5 Å². The third kappa shape index (κ3) is 27.1. The van der Waals surface area contributed by atoms with Crippen molar-refractivity contribution in [1.82, 2.24) is 81.4 Å². The van der Waals surface area contributed by atoms with E-state index in [1.54, 1.807) is 0 Å². The molecule has 13 aliphatic rings. The van der Waals surface area contributed by atoms with Crippen LogP contribution in [0.15, 0.2) is 18.3 Å². The van der Waals surface area contributed by atoms with Gasteiger partial charge in [-0.15, -0.1) is 0 Å². The smallest absolute Gasteiger partial charge is 0.125 e. The van der Waals surface area contributed by atoms with Crippen molar-refractivity contribution in [2.75, 3.05) is 244 Å². The molecule has 1 aliphatic carbocycles. The molecule has 1 aromatic heterocycles. The van der Waals surface area contributed by atoms with Gasteiger partial charge in [0.2, 0.25) is 0 Å². The predicted molar refractivity (Wildman–Crippen MR) is 362 cm³/mol. The summed E-state index contributed by atoms with van der Waals surface area (Å²) in [5.41, 5.74) is 1.22. The minimum absolute atomic E-state index is 0.740. The molecular formula is C66H136N18. The van der Waals surface area contributed by atoms with Gasteiger partial charge in [-0.05, 0) is 197 Å². The van der Waals surface area contributed by atoms with Gasteiger partial charge in [0.05, 0.1) is 11.9 Å². The molecule has 12 aliphatic heterocycles. The number of likely N-dealkylation sites (N-methyl/N-ethyl adjacent to an activating group) is 6. The van der Waals surface area contributed by atoms with Crippen LogP contribution in [-0.2, 0) is 0 Å². The number of fused-ring (bicyclic) bond motifs is 5. The molecule has 84 heavy (non-hydrogen) atoms. The third-order valence-corrected chi connectivity index (χ3v) is 19.8. The molecule has 18 heteroatoms. The number of piperazine rings is 4. The maximum atomic E-state index is 4.33. The predicted octanol–water partition coefficient (Wildman–Crippen LogP) is 4.00. The maximum Gasteiger partial charge on any atom is 0.125 e. The van der Waals surface area contributed by atoms with Crippen LogP contribution in [0.25, 0.3) is 0 Å². The number of anilines is 2. The van der Waals surface area contributed by atoms with Crippen LogP contribution in [0.3, 0.4) is 0 Å². The van der Waals surface area contributed by atoms with Crippen molar-refractivity contribution in [2.24, 2.45) is 23.7 Å². The molecule has 2 bridgehead atoms. The molecule has 1 aromatic rings. The van der Waals surface area contributed by atoms with Gasteiger partial charge in [0, 0.05) is 180 Å². The molecule has 0 radical (unpaired) electrons. The van der Waals surface area contributed by atoms with Crippen LogP contribution in [0, 0.1) is 23.7 Å². The molecule has 0 aromatic carbocycles. The van der Waals surface area contributed by atoms with Gasteiger partial charge in [0.1, 0.15) is 5.82 Å². The average Bonchev–Trinajstić information content (AvgIpc) is 3.41. The molecule has 0 amide bonds. The summed E-state index contributed by atoms with van der Waals surface area (Å²) < 4.78 is 0. The van der Waals surface area contributed by atoms with Gasteiger partial charge in [-0.3, -0.25) is 14.7 Å². The summed E-state index contributed by atoms with van der Waals surface area (Å²) in [4.78, 5) is 26.6. The Morgan fingerprint density at radius 1 is 0.536 bits per heavy atom. The van der Waals surface area contributed by atoms with Gasteiger partial charge in [0.15, 0.2) is 0 Å². The number of likely N-dealkylation sites (tertiary alicyclic amines) is 5. The molecular weight excluding hydrogens is 1040 g/mol. The lowest BCUT2D eigenvalue weighted by atomic mass is 9.77. The van der Waals surface area contributed by atoms with Crippen molar-refractivity contribution < 1.29 is 0 Å². The number of nitrogens with one attached hydrogen (secondary N) is 8. The van der Waals surface area contributed by atoms with Gasteiger partial charge in [0.25, 0.3) is 0 Å². The van der Waals surface area contributed by atoms with Crippen molar-refractivity contribution in [2.45, 2.75) is 141 Å². The van der Waals surface area contributed by atoms with Crippen LogP contribution in [-0.4, -0.2) is 314 Å². The fourth-order valence-electron chi connectivity index (χ4n) is 13.8. The van der Waals surface area contributed by atoms with E-state index in [-0.39, 0.29) is 0 Å². The normalized spacial score (nSPS) is 30.6. The second kappa shape index (κ2) is 42.2. The number of piperidine rings is 1. The van der Waals surface area contributed by atoms with E-state index in [9.17, 15) is 0 Å². The Balaban J connectivity index is 0.000000175. The van der Waals surface area contributed by atoms with Crippen LogP contribution >= 0.6 is 0 Å². The highest BCUT2D eigenvalue weighted by molar-refractivity contribution is 5.49. The zero-order chi connectivity index (χ0) is 60.5. The van der Waals surface area contributed by atoms with Crippen LogP contribution in [0.2, 0.25) is 0 Å². The number of hydrogen-bond donors (Lipinski definition) is 8. The lowest BCUT2D eigenvalue weighted by Crippen LogP contribution is -2.63. The molecule has 18 nitrogen and oxygen atoms in total. The zero-order valence-electron chi connectivity index (χ0n) is 56.8. The molecule has 1 saturated carbocycles. The number of rotatable bonds is 15. The number of aromatic nitrogens is 1. The fraction of sp³-hybridized carbons (Fsp3) is 0.924. The Hall–Kier alpha value is -1.85. The van der Waals surface area contributed by atoms with E-state index < -0.39 is 0 Å². The van der Waals surface area contributed by atoms with E-state index in [2.05, 4.69) is 154 Å². The first-order valence-corrected chi connectivity index (χ1v) is 34.7. The largest absolute Gasteiger partial charge is 0.373 e. The Labute approximate surface area is 517 Å². The van der Waals surface area contributed by atoms with Gasteiger partial charge < -0.3 is 71.9 Å². The summed E-state index contributed by atoms with van der Waals surface area (Å²) in [6.45, 7) is 41.6. The highest BCUT2D eigenvalue weighted by Gasteiger charge is 2.45. The van der Waals surface area contributed by atoms with E-state index in [4.69, 9.17) is 0 Å². The third-order valence-electron chi connectivity index (χ3n) is 19.8. The van der Waals surface area contributed by atoms with Crippen molar-refractivity contribution in [3.05, 3.63) is 18.3 Å². The summed E-state index contributed by atoms with van der Waals surface area (Å²) in [6.07, 6.45) is 18.7. The first kappa shape index (κ1) is 72.9. The van der Waals surface area contributed by atoms with Crippen LogP contribution < -0.4 is 47.4 Å². The monoisotopic (exact) mass is 1180 g/mol. The molecule has 7 unspecified atom stereocenters. The highest BCUT2D eigenvalue weighted by Crippen LogP contribution is 2.39. The Morgan fingerprint density at radius 2 is 1.11 bits per heavy atom. The van der Waals surface area contributed by atoms with Crippen molar-refractivity contribution in [3.63, 3.8) is 0 Å². The van der Waals surface area contributed by atoms with Crippen molar-refractivity contribution in [1.29, 1.82) is 0 Å². The van der Waals surface area contributed by atoms with E-state index >= 15 is 0 Å². The van der Waals surface area contributed by atoms with Crippen LogP contribution in [0.1, 0.15) is 105 Å². The zero-order valence-corrected chi connectivity index (χ0v) is 56.8. The number of nitrogens with zero attached hydrogens (tertiary/aromatic N) is 10. The Kier molecular flexibility index (Phi) is 36.6. The molecule has 0 spiro atoms. The second-order valence-corrected chi connectivity index (χ2v) is 27.2. The van der Waals surface area contributed by atoms with E-state index in [1.807, 2.05) is 47.5 Å². The molecule has 13 heterocycles. The van der Waals surface area contributed by atoms with Gasteiger partial charge in [-0.25, -0.2) is 4.98 Å². The Bertz CT molecular complexity index is 1700. The highest BCUT2D eigenvalue weighted by atomic mass is 15.4. The number of pyridine rings is 1. The summed E-state index contributed by atoms with van der Waals surface area (Å²) in [6, 6.07) is 8.83. The summed E-state index contributed by atoms with van der Waals surface area (Å²) in [5.74, 6) is 5.13. The molecule has 8 N–H and O–H groups in total. The lowest BCUT2D eigenvalue weighted by molar-refractivity contribution is 0.0145. The van der Waals surface area contributed by atoms with Crippen molar-refractivity contribution >= 4 is 11.5 Å². The van der Waals surface area contributed by atoms with Gasteiger partial charge in [-0.2, -0.15) is 0 Å². The lowest BCUT2D eigenvalue weighted by Gasteiger charge is -2.47. The van der Waals surface area contributed by atoms with E-state index in [1.165, 1.54) is 201 Å². The van der Waals surface area contributed by atoms with E-state index in [0.717, 1.165) is 118 Å². The average molecular weight is 1180 g/mol. The standard InChI is InChI=1S/C11H18N4.C9H18N2.C8H17N3.C7H16N2.C7H13N.C7H15N.C6H14N2.C6H13N.C5H12N2/c1-12-11-4-3-10(9-13-11)15-7-5-14(2)6-8-15;1-7(2)11-5-8-4-10(3)6-9(8)11;1-9-6-8-7-10-2-4-11(8)5-3-10;1-8-6-7-4-2-3-5-9-7;1-8-4-6-2-3-7(6)5-8;1-2-3-5-8-6-4-7-8;1-7-5-6-3-2-4-8-6;1-3-6-4-7(2)5-6;1-6-4-5-2-3-7-5/h3-4,9H,5-8H2,1-2H3,(H,12,13);7-9H,4-6H2,1-3H3;8-9H,2-7H2,1H3;7-9H,2-6H2,1H3;6-7H,2-5H2,1H3;2-7H2,1H3;6-8H,2-5H2,1H3;6H,3-5H2,1-2H3;5-7H,2-4H2,1H3/t;;;;;;6-;;/m......0../s1. The molecule has 490 valence electrons. The number of unbranched alkanes of at least 4 members (excludes halogenated alkanes) is 1. The van der Waals surface area contributed by atoms with Gasteiger partial charge in [-0.1, -0.05) is 33.1 Å². The summed E-state index contributed by atoms with van der Waals surface area (Å²) in [7, 11) is 18.7. The molecule has 13 fully saturated rings. The molecule has 14 rings (SSSR count). The summed E-state index contributed by atoms with van der Waals surface area (Å²) in [5, 5.41) is 25.8. The van der Waals surface area contributed by atoms with Crippen LogP contribution in [0.5, 0.6) is 0 Å². The van der Waals surface area contributed by atoms with Gasteiger partial charge >= 0.3 is 0 Å². The molecule has 12 saturated heterocycles. The quantitative estimate of drug-likeness (QED) is 0.128. The fourth-order valence-corrected chi connectivity index (χ4v) is 13.8. The van der Waals surface area contributed by atoms with E-state index in [0.29, 0.717) is 0 Å². The molecule has 8 atom stereocenters.